The lowest BCUT2D eigenvalue weighted by molar-refractivity contribution is -0.141. The Balaban J connectivity index is 2.51. The third-order valence-electron chi connectivity index (χ3n) is 1.62. The SMILES string of the molecule is O=C(CS(=O)[O-])OCc1ccc(Cl)c(Cl)c1. The summed E-state index contributed by atoms with van der Waals surface area (Å²) in [6.45, 7) is -0.0348. The molecule has 1 aromatic rings. The van der Waals surface area contributed by atoms with Gasteiger partial charge >= 0.3 is 5.97 Å². The molecule has 0 saturated carbocycles. The summed E-state index contributed by atoms with van der Waals surface area (Å²) in [4.78, 5) is 10.9. The summed E-state index contributed by atoms with van der Waals surface area (Å²) in [7, 11) is 0. The summed E-state index contributed by atoms with van der Waals surface area (Å²) >= 11 is 9.00. The third-order valence-corrected chi connectivity index (χ3v) is 2.83. The van der Waals surface area contributed by atoms with Crippen molar-refractivity contribution in [1.29, 1.82) is 0 Å². The molecule has 7 heteroatoms. The van der Waals surface area contributed by atoms with Crippen LogP contribution in [0.5, 0.6) is 0 Å². The van der Waals surface area contributed by atoms with Crippen molar-refractivity contribution >= 4 is 40.3 Å². The van der Waals surface area contributed by atoms with Gasteiger partial charge in [-0.3, -0.25) is 9.00 Å². The van der Waals surface area contributed by atoms with Gasteiger partial charge in [-0.15, -0.1) is 0 Å². The molecule has 0 saturated heterocycles. The molecule has 0 bridgehead atoms. The maximum absolute atomic E-state index is 10.9. The minimum Gasteiger partial charge on any atom is -0.772 e. The quantitative estimate of drug-likeness (QED) is 0.625. The standard InChI is InChI=1S/C9H8Cl2O4S/c10-7-2-1-6(3-8(7)11)4-15-9(12)5-16(13)14/h1-3H,4-5H2,(H,13,14)/p-1. The van der Waals surface area contributed by atoms with E-state index in [1.807, 2.05) is 0 Å². The molecule has 1 rings (SSSR count). The fraction of sp³-hybridized carbons (Fsp3) is 0.222. The van der Waals surface area contributed by atoms with Crippen molar-refractivity contribution in [2.45, 2.75) is 6.61 Å². The zero-order valence-electron chi connectivity index (χ0n) is 7.94. The zero-order valence-corrected chi connectivity index (χ0v) is 10.3. The van der Waals surface area contributed by atoms with Gasteiger partial charge in [0.2, 0.25) is 0 Å². The first-order valence-electron chi connectivity index (χ1n) is 4.14. The number of ether oxygens (including phenoxy) is 1. The number of rotatable bonds is 4. The zero-order chi connectivity index (χ0) is 12.1. The number of carbonyl (C=O) groups is 1. The minimum atomic E-state index is -2.43. The maximum atomic E-state index is 10.9. The Kier molecular flexibility index (Phi) is 5.21. The highest BCUT2D eigenvalue weighted by atomic mass is 35.5. The van der Waals surface area contributed by atoms with Crippen molar-refractivity contribution in [2.75, 3.05) is 5.75 Å². The second-order valence-corrected chi connectivity index (χ2v) is 4.57. The molecule has 1 aromatic carbocycles. The third kappa shape index (κ3) is 4.49. The largest absolute Gasteiger partial charge is 0.772 e. The van der Waals surface area contributed by atoms with Gasteiger partial charge in [-0.2, -0.15) is 0 Å². The van der Waals surface area contributed by atoms with Crippen LogP contribution in [0.2, 0.25) is 10.0 Å². The van der Waals surface area contributed by atoms with E-state index in [4.69, 9.17) is 27.9 Å². The van der Waals surface area contributed by atoms with Gasteiger partial charge in [-0.05, 0) is 28.8 Å². The average molecular weight is 282 g/mol. The van der Waals surface area contributed by atoms with Gasteiger partial charge in [0.25, 0.3) is 0 Å². The van der Waals surface area contributed by atoms with E-state index in [9.17, 15) is 13.6 Å². The Morgan fingerprint density at radius 2 is 2.06 bits per heavy atom. The van der Waals surface area contributed by atoms with Gasteiger partial charge < -0.3 is 9.29 Å². The predicted molar refractivity (Wildman–Crippen MR) is 60.0 cm³/mol. The first-order chi connectivity index (χ1) is 7.49. The van der Waals surface area contributed by atoms with E-state index >= 15 is 0 Å². The second-order valence-electron chi connectivity index (χ2n) is 2.86. The van der Waals surface area contributed by atoms with E-state index in [1.54, 1.807) is 18.2 Å². The molecule has 1 unspecified atom stereocenters. The van der Waals surface area contributed by atoms with Gasteiger partial charge in [0.15, 0.2) is 0 Å². The van der Waals surface area contributed by atoms with E-state index in [0.29, 0.717) is 15.6 Å². The molecule has 0 aliphatic carbocycles. The molecule has 4 nitrogen and oxygen atoms in total. The van der Waals surface area contributed by atoms with Gasteiger partial charge in [-0.25, -0.2) is 0 Å². The number of hydrogen-bond acceptors (Lipinski definition) is 4. The summed E-state index contributed by atoms with van der Waals surface area (Å²) in [6.07, 6.45) is 0. The van der Waals surface area contributed by atoms with E-state index in [-0.39, 0.29) is 6.61 Å². The molecule has 0 N–H and O–H groups in total. The molecule has 0 aliphatic heterocycles. The van der Waals surface area contributed by atoms with E-state index in [2.05, 4.69) is 0 Å². The van der Waals surface area contributed by atoms with Crippen LogP contribution in [-0.4, -0.2) is 20.5 Å². The Hall–Kier alpha value is -0.620. The molecule has 16 heavy (non-hydrogen) atoms. The van der Waals surface area contributed by atoms with Crippen molar-refractivity contribution in [3.63, 3.8) is 0 Å². The van der Waals surface area contributed by atoms with Crippen molar-refractivity contribution in [2.24, 2.45) is 0 Å². The summed E-state index contributed by atoms with van der Waals surface area (Å²) in [6, 6.07) is 4.75. The molecule has 0 fully saturated rings. The van der Waals surface area contributed by atoms with Crippen LogP contribution in [0.25, 0.3) is 0 Å². The van der Waals surface area contributed by atoms with Crippen LogP contribution in [0.1, 0.15) is 5.56 Å². The Labute approximate surface area is 105 Å². The smallest absolute Gasteiger partial charge is 0.317 e. The fourth-order valence-electron chi connectivity index (χ4n) is 0.931. The topological polar surface area (TPSA) is 66.4 Å². The van der Waals surface area contributed by atoms with Gasteiger partial charge in [0.1, 0.15) is 12.4 Å². The first-order valence-corrected chi connectivity index (χ1v) is 6.14. The number of carbonyl (C=O) groups excluding carboxylic acids is 1. The highest BCUT2D eigenvalue weighted by Crippen LogP contribution is 2.22. The molecule has 0 spiro atoms. The lowest BCUT2D eigenvalue weighted by Gasteiger charge is -2.07. The van der Waals surface area contributed by atoms with Crippen molar-refractivity contribution in [3.05, 3.63) is 33.8 Å². The molecule has 0 heterocycles. The molecule has 88 valence electrons. The highest BCUT2D eigenvalue weighted by molar-refractivity contribution is 7.79. The molecular formula is C9H7Cl2O4S-. The predicted octanol–water partition coefficient (Wildman–Crippen LogP) is 1.92. The van der Waals surface area contributed by atoms with Crippen LogP contribution < -0.4 is 0 Å². The van der Waals surface area contributed by atoms with Crippen LogP contribution in [0.4, 0.5) is 0 Å². The molecule has 0 radical (unpaired) electrons. The van der Waals surface area contributed by atoms with Crippen molar-refractivity contribution < 1.29 is 18.3 Å². The van der Waals surface area contributed by atoms with Crippen molar-refractivity contribution in [1.82, 2.24) is 0 Å². The molecule has 1 atom stereocenters. The van der Waals surface area contributed by atoms with Crippen LogP contribution in [0, 0.1) is 0 Å². The van der Waals surface area contributed by atoms with Crippen molar-refractivity contribution in [3.8, 4) is 0 Å². The minimum absolute atomic E-state index is 0.0348. The fourth-order valence-corrected chi connectivity index (χ4v) is 1.53. The van der Waals surface area contributed by atoms with E-state index in [0.717, 1.165) is 0 Å². The molecular weight excluding hydrogens is 275 g/mol. The lowest BCUT2D eigenvalue weighted by atomic mass is 10.2. The monoisotopic (exact) mass is 281 g/mol. The normalized spacial score (nSPS) is 12.2. The van der Waals surface area contributed by atoms with Gasteiger partial charge in [0, 0.05) is 0 Å². The number of esters is 1. The van der Waals surface area contributed by atoms with E-state index in [1.165, 1.54) is 0 Å². The van der Waals surface area contributed by atoms with Crippen LogP contribution in [0.3, 0.4) is 0 Å². The molecule has 0 aliphatic rings. The average Bonchev–Trinajstić information content (AvgIpc) is 2.19. The van der Waals surface area contributed by atoms with Gasteiger partial charge in [-0.1, -0.05) is 29.3 Å². The number of hydrogen-bond donors (Lipinski definition) is 0. The Morgan fingerprint density at radius 1 is 1.38 bits per heavy atom. The molecule has 0 aromatic heterocycles. The Morgan fingerprint density at radius 3 is 2.62 bits per heavy atom. The summed E-state index contributed by atoms with van der Waals surface area (Å²) in [5.74, 6) is -1.46. The number of benzene rings is 1. The van der Waals surface area contributed by atoms with E-state index < -0.39 is 22.8 Å². The maximum Gasteiger partial charge on any atom is 0.317 e. The molecule has 0 amide bonds. The first kappa shape index (κ1) is 13.4. The van der Waals surface area contributed by atoms with Gasteiger partial charge in [0.05, 0.1) is 10.0 Å². The summed E-state index contributed by atoms with van der Waals surface area (Å²) < 4.78 is 25.1. The lowest BCUT2D eigenvalue weighted by Crippen LogP contribution is -2.13. The highest BCUT2D eigenvalue weighted by Gasteiger charge is 2.04. The Bertz CT molecular complexity index is 422. The summed E-state index contributed by atoms with van der Waals surface area (Å²) in [5, 5.41) is 0.750. The number of halogens is 2. The van der Waals surface area contributed by atoms with Crippen LogP contribution >= 0.6 is 23.2 Å². The summed E-state index contributed by atoms with van der Waals surface area (Å²) in [5.41, 5.74) is 0.638. The second kappa shape index (κ2) is 6.20. The van der Waals surface area contributed by atoms with Crippen LogP contribution in [0.15, 0.2) is 18.2 Å². The van der Waals surface area contributed by atoms with Crippen LogP contribution in [-0.2, 0) is 27.2 Å².